The number of hydrogen-bond acceptors (Lipinski definition) is 3. The van der Waals surface area contributed by atoms with Crippen LogP contribution in [0.4, 0.5) is 0 Å². The van der Waals surface area contributed by atoms with Crippen molar-refractivity contribution in [2.24, 2.45) is 0 Å². The summed E-state index contributed by atoms with van der Waals surface area (Å²) in [5, 5.41) is 0. The smallest absolute Gasteiger partial charge is 0.240 e. The van der Waals surface area contributed by atoms with Gasteiger partial charge in [-0.3, -0.25) is 0 Å². The fraction of sp³-hybridized carbons (Fsp3) is 0.174. The van der Waals surface area contributed by atoms with Crippen LogP contribution < -0.4 is 4.72 Å². The topological polar surface area (TPSA) is 64.0 Å². The standard InChI is InChI=1S/C23H22BrN3O2S/c24-19-11-13-20(14-12-19)30(28,29)25-16-17-27-22-9-5-4-8-21(22)26-23(27)15-10-18-6-2-1-3-7-18/h1-9,11-14,25H,10,15-17H2. The third kappa shape index (κ3) is 4.80. The molecule has 0 spiro atoms. The molecule has 0 amide bonds. The van der Waals surface area contributed by atoms with Gasteiger partial charge in [-0.1, -0.05) is 58.4 Å². The lowest BCUT2D eigenvalue weighted by atomic mass is 10.1. The Balaban J connectivity index is 1.50. The number of aryl methyl sites for hydroxylation is 2. The zero-order valence-corrected chi connectivity index (χ0v) is 18.7. The van der Waals surface area contributed by atoms with Gasteiger partial charge in [0.15, 0.2) is 0 Å². The van der Waals surface area contributed by atoms with E-state index in [1.165, 1.54) is 5.56 Å². The van der Waals surface area contributed by atoms with Crippen molar-refractivity contribution in [3.05, 3.63) is 94.7 Å². The third-order valence-corrected chi connectivity index (χ3v) is 6.97. The van der Waals surface area contributed by atoms with Crippen LogP contribution in [0.3, 0.4) is 0 Å². The van der Waals surface area contributed by atoms with Gasteiger partial charge in [0.1, 0.15) is 5.82 Å². The highest BCUT2D eigenvalue weighted by molar-refractivity contribution is 9.10. The first-order valence-corrected chi connectivity index (χ1v) is 12.0. The van der Waals surface area contributed by atoms with Crippen LogP contribution >= 0.6 is 15.9 Å². The van der Waals surface area contributed by atoms with Crippen molar-refractivity contribution in [3.8, 4) is 0 Å². The van der Waals surface area contributed by atoms with Crippen LogP contribution in [0, 0.1) is 0 Å². The summed E-state index contributed by atoms with van der Waals surface area (Å²) in [6, 6.07) is 24.9. The lowest BCUT2D eigenvalue weighted by Crippen LogP contribution is -2.28. The molecule has 0 radical (unpaired) electrons. The van der Waals surface area contributed by atoms with Gasteiger partial charge in [0.05, 0.1) is 15.9 Å². The molecule has 5 nitrogen and oxygen atoms in total. The van der Waals surface area contributed by atoms with Crippen LogP contribution in [0.5, 0.6) is 0 Å². The van der Waals surface area contributed by atoms with Crippen LogP contribution in [0.15, 0.2) is 88.2 Å². The maximum absolute atomic E-state index is 12.6. The molecular formula is C23H22BrN3O2S. The Morgan fingerprint density at radius 3 is 2.33 bits per heavy atom. The summed E-state index contributed by atoms with van der Waals surface area (Å²) in [5.41, 5.74) is 3.20. The molecule has 1 N–H and O–H groups in total. The second-order valence-corrected chi connectivity index (χ2v) is 9.69. The predicted molar refractivity (Wildman–Crippen MR) is 123 cm³/mol. The summed E-state index contributed by atoms with van der Waals surface area (Å²) >= 11 is 3.33. The first-order valence-electron chi connectivity index (χ1n) is 9.76. The summed E-state index contributed by atoms with van der Waals surface area (Å²) in [6.07, 6.45) is 1.67. The molecule has 1 heterocycles. The van der Waals surface area contributed by atoms with E-state index in [0.717, 1.165) is 34.2 Å². The Morgan fingerprint density at radius 2 is 1.57 bits per heavy atom. The van der Waals surface area contributed by atoms with E-state index in [1.54, 1.807) is 24.3 Å². The van der Waals surface area contributed by atoms with Crippen molar-refractivity contribution in [2.75, 3.05) is 6.54 Å². The Labute approximate surface area is 185 Å². The number of nitrogens with zero attached hydrogens (tertiary/aromatic N) is 2. The quantitative estimate of drug-likeness (QED) is 0.399. The fourth-order valence-corrected chi connectivity index (χ4v) is 4.74. The monoisotopic (exact) mass is 483 g/mol. The molecule has 0 atom stereocenters. The van der Waals surface area contributed by atoms with Crippen molar-refractivity contribution in [3.63, 3.8) is 0 Å². The number of nitrogens with one attached hydrogen (secondary N) is 1. The number of halogens is 1. The molecule has 0 bridgehead atoms. The molecule has 0 saturated carbocycles. The van der Waals surface area contributed by atoms with E-state index in [9.17, 15) is 8.42 Å². The molecule has 0 unspecified atom stereocenters. The summed E-state index contributed by atoms with van der Waals surface area (Å²) in [4.78, 5) is 5.05. The SMILES string of the molecule is O=S(=O)(NCCn1c(CCc2ccccc2)nc2ccccc21)c1ccc(Br)cc1. The summed E-state index contributed by atoms with van der Waals surface area (Å²) < 4.78 is 30.8. The van der Waals surface area contributed by atoms with Crippen LogP contribution in [-0.4, -0.2) is 24.5 Å². The average Bonchev–Trinajstić information content (AvgIpc) is 3.11. The van der Waals surface area contributed by atoms with Crippen molar-refractivity contribution in [1.82, 2.24) is 14.3 Å². The molecule has 7 heteroatoms. The minimum atomic E-state index is -3.56. The molecule has 4 rings (SSSR count). The molecular weight excluding hydrogens is 462 g/mol. The molecule has 0 fully saturated rings. The first-order chi connectivity index (χ1) is 14.5. The van der Waals surface area contributed by atoms with Crippen molar-refractivity contribution < 1.29 is 8.42 Å². The Kier molecular flexibility index (Phi) is 6.32. The molecule has 0 saturated heterocycles. The second-order valence-electron chi connectivity index (χ2n) is 7.01. The van der Waals surface area contributed by atoms with Gasteiger partial charge in [-0.05, 0) is 48.4 Å². The average molecular weight is 484 g/mol. The van der Waals surface area contributed by atoms with Gasteiger partial charge in [0.2, 0.25) is 10.0 Å². The van der Waals surface area contributed by atoms with Crippen molar-refractivity contribution in [1.29, 1.82) is 0 Å². The van der Waals surface area contributed by atoms with Crippen LogP contribution in [0.25, 0.3) is 11.0 Å². The molecule has 0 aliphatic rings. The van der Waals surface area contributed by atoms with E-state index in [4.69, 9.17) is 4.98 Å². The third-order valence-electron chi connectivity index (χ3n) is 4.97. The Hall–Kier alpha value is -2.48. The number of aromatic nitrogens is 2. The van der Waals surface area contributed by atoms with Crippen molar-refractivity contribution >= 4 is 37.0 Å². The van der Waals surface area contributed by atoms with Gasteiger partial charge in [0, 0.05) is 24.0 Å². The van der Waals surface area contributed by atoms with E-state index in [-0.39, 0.29) is 11.4 Å². The molecule has 1 aromatic heterocycles. The normalized spacial score (nSPS) is 11.8. The first kappa shape index (κ1) is 20.8. The molecule has 154 valence electrons. The Morgan fingerprint density at radius 1 is 0.867 bits per heavy atom. The van der Waals surface area contributed by atoms with Gasteiger partial charge in [-0.25, -0.2) is 18.1 Å². The van der Waals surface area contributed by atoms with Gasteiger partial charge < -0.3 is 4.57 Å². The van der Waals surface area contributed by atoms with Crippen LogP contribution in [0.1, 0.15) is 11.4 Å². The number of rotatable bonds is 8. The molecule has 30 heavy (non-hydrogen) atoms. The highest BCUT2D eigenvalue weighted by Gasteiger charge is 2.15. The van der Waals surface area contributed by atoms with E-state index in [1.807, 2.05) is 42.5 Å². The van der Waals surface area contributed by atoms with E-state index in [0.29, 0.717) is 6.54 Å². The number of fused-ring (bicyclic) bond motifs is 1. The zero-order valence-electron chi connectivity index (χ0n) is 16.3. The van der Waals surface area contributed by atoms with E-state index < -0.39 is 10.0 Å². The largest absolute Gasteiger partial charge is 0.327 e. The second kappa shape index (κ2) is 9.12. The number of para-hydroxylation sites is 2. The molecule has 4 aromatic rings. The van der Waals surface area contributed by atoms with Gasteiger partial charge in [-0.15, -0.1) is 0 Å². The number of sulfonamides is 1. The van der Waals surface area contributed by atoms with Gasteiger partial charge >= 0.3 is 0 Å². The number of imidazole rings is 1. The van der Waals surface area contributed by atoms with Crippen molar-refractivity contribution in [2.45, 2.75) is 24.3 Å². The maximum Gasteiger partial charge on any atom is 0.240 e. The lowest BCUT2D eigenvalue weighted by molar-refractivity contribution is 0.571. The molecule has 0 aliphatic carbocycles. The summed E-state index contributed by atoms with van der Waals surface area (Å²) in [6.45, 7) is 0.803. The highest BCUT2D eigenvalue weighted by atomic mass is 79.9. The molecule has 0 aliphatic heterocycles. The zero-order chi connectivity index (χ0) is 21.0. The number of hydrogen-bond donors (Lipinski definition) is 1. The molecule has 3 aromatic carbocycles. The predicted octanol–water partition coefficient (Wildman–Crippen LogP) is 4.56. The highest BCUT2D eigenvalue weighted by Crippen LogP contribution is 2.18. The van der Waals surface area contributed by atoms with Crippen LogP contribution in [-0.2, 0) is 29.4 Å². The maximum atomic E-state index is 12.6. The van der Waals surface area contributed by atoms with Gasteiger partial charge in [-0.2, -0.15) is 0 Å². The van der Waals surface area contributed by atoms with Crippen LogP contribution in [0.2, 0.25) is 0 Å². The fourth-order valence-electron chi connectivity index (χ4n) is 3.46. The lowest BCUT2D eigenvalue weighted by Gasteiger charge is -2.11. The van der Waals surface area contributed by atoms with E-state index >= 15 is 0 Å². The summed E-state index contributed by atoms with van der Waals surface area (Å²) in [5.74, 6) is 0.961. The minimum Gasteiger partial charge on any atom is -0.327 e. The summed E-state index contributed by atoms with van der Waals surface area (Å²) in [7, 11) is -3.56. The number of benzene rings is 3. The van der Waals surface area contributed by atoms with E-state index in [2.05, 4.69) is 37.4 Å². The Bertz CT molecular complexity index is 1240. The van der Waals surface area contributed by atoms with Gasteiger partial charge in [0.25, 0.3) is 0 Å². The minimum absolute atomic E-state index is 0.255.